The Kier molecular flexibility index (Phi) is 5.41. The minimum atomic E-state index is -0.476. The van der Waals surface area contributed by atoms with Gasteiger partial charge in [-0.2, -0.15) is 0 Å². The highest BCUT2D eigenvalue weighted by atomic mass is 19.1. The molecule has 2 aromatic rings. The molecule has 1 aromatic carbocycles. The van der Waals surface area contributed by atoms with Crippen molar-refractivity contribution in [2.24, 2.45) is 4.99 Å². The normalized spacial score (nSPS) is 16.1. The highest BCUT2D eigenvalue weighted by Crippen LogP contribution is 2.19. The number of pyridine rings is 1. The maximum Gasteiger partial charge on any atom is 0.270 e. The van der Waals surface area contributed by atoms with Gasteiger partial charge < -0.3 is 4.74 Å². The van der Waals surface area contributed by atoms with Crippen molar-refractivity contribution in [2.45, 2.75) is 38.1 Å². The Balaban J connectivity index is 1.75. The fourth-order valence-electron chi connectivity index (χ4n) is 2.92. The van der Waals surface area contributed by atoms with Crippen molar-refractivity contribution >= 4 is 5.91 Å². The molecule has 0 bridgehead atoms. The second-order valence-electron chi connectivity index (χ2n) is 5.96. The molecule has 126 valence electrons. The van der Waals surface area contributed by atoms with Gasteiger partial charge in [-0.1, -0.05) is 37.5 Å². The number of aromatic nitrogens is 1. The van der Waals surface area contributed by atoms with E-state index in [9.17, 15) is 9.18 Å². The van der Waals surface area contributed by atoms with Gasteiger partial charge in [-0.05, 0) is 37.1 Å². The van der Waals surface area contributed by atoms with Gasteiger partial charge in [0.25, 0.3) is 5.91 Å². The second-order valence-corrected chi connectivity index (χ2v) is 5.96. The lowest BCUT2D eigenvalue weighted by Gasteiger charge is -2.17. The number of hydrogen-bond donors (Lipinski definition) is 0. The lowest BCUT2D eigenvalue weighted by Crippen LogP contribution is -2.32. The summed E-state index contributed by atoms with van der Waals surface area (Å²) in [6.07, 6.45) is 7.44. The summed E-state index contributed by atoms with van der Waals surface area (Å²) in [4.78, 5) is 17.2. The van der Waals surface area contributed by atoms with Crippen molar-refractivity contribution in [3.05, 3.63) is 60.0 Å². The molecule has 0 saturated heterocycles. The minimum Gasteiger partial charge on any atom is -0.481 e. The van der Waals surface area contributed by atoms with Crippen molar-refractivity contribution in [2.75, 3.05) is 6.61 Å². The van der Waals surface area contributed by atoms with E-state index in [1.165, 1.54) is 36.0 Å². The van der Waals surface area contributed by atoms with E-state index in [0.29, 0.717) is 5.49 Å². The van der Waals surface area contributed by atoms with Crippen LogP contribution < -0.4 is 10.2 Å². The Hall–Kier alpha value is -2.43. The lowest BCUT2D eigenvalue weighted by atomic mass is 9.96. The third kappa shape index (κ3) is 4.10. The molecule has 0 unspecified atom stereocenters. The number of hydrogen-bond acceptors (Lipinski definition) is 3. The molecule has 0 N–H and O–H groups in total. The van der Waals surface area contributed by atoms with Crippen LogP contribution >= 0.6 is 0 Å². The molecule has 0 spiro atoms. The summed E-state index contributed by atoms with van der Waals surface area (Å²) in [7, 11) is 0. The van der Waals surface area contributed by atoms with Gasteiger partial charge in [0, 0.05) is 6.20 Å². The SMILES string of the molecule is O=C(COc1ccccc1F)n1ccccc1=NC1CCCCC1. The van der Waals surface area contributed by atoms with E-state index in [1.807, 2.05) is 12.1 Å². The summed E-state index contributed by atoms with van der Waals surface area (Å²) in [5, 5.41) is 0. The number of benzene rings is 1. The maximum atomic E-state index is 13.6. The largest absolute Gasteiger partial charge is 0.481 e. The molecule has 0 amide bonds. The minimum absolute atomic E-state index is 0.0770. The Morgan fingerprint density at radius 2 is 1.88 bits per heavy atom. The fourth-order valence-corrected chi connectivity index (χ4v) is 2.92. The molecule has 1 heterocycles. The summed E-state index contributed by atoms with van der Waals surface area (Å²) >= 11 is 0. The van der Waals surface area contributed by atoms with Crippen LogP contribution in [0.1, 0.15) is 36.9 Å². The number of carbonyl (C=O) groups is 1. The van der Waals surface area contributed by atoms with Crippen molar-refractivity contribution in [1.82, 2.24) is 4.57 Å². The molecule has 24 heavy (non-hydrogen) atoms. The number of rotatable bonds is 4. The van der Waals surface area contributed by atoms with Crippen molar-refractivity contribution < 1.29 is 13.9 Å². The molecule has 0 aliphatic heterocycles. The van der Waals surface area contributed by atoms with Gasteiger partial charge >= 0.3 is 0 Å². The van der Waals surface area contributed by atoms with Crippen LogP contribution in [0.25, 0.3) is 0 Å². The van der Waals surface area contributed by atoms with E-state index < -0.39 is 5.82 Å². The summed E-state index contributed by atoms with van der Waals surface area (Å²) in [6.45, 7) is -0.233. The first-order valence-electron chi connectivity index (χ1n) is 8.36. The summed E-state index contributed by atoms with van der Waals surface area (Å²) in [6, 6.07) is 11.8. The first-order chi connectivity index (χ1) is 11.7. The quantitative estimate of drug-likeness (QED) is 0.861. The van der Waals surface area contributed by atoms with Gasteiger partial charge in [-0.15, -0.1) is 0 Å². The van der Waals surface area contributed by atoms with Gasteiger partial charge in [-0.3, -0.25) is 14.4 Å². The van der Waals surface area contributed by atoms with Crippen LogP contribution in [0, 0.1) is 5.82 Å². The highest BCUT2D eigenvalue weighted by Gasteiger charge is 2.13. The smallest absolute Gasteiger partial charge is 0.270 e. The van der Waals surface area contributed by atoms with Crippen molar-refractivity contribution in [1.29, 1.82) is 0 Å². The van der Waals surface area contributed by atoms with E-state index in [2.05, 4.69) is 0 Å². The Bertz CT molecular complexity index is 764. The topological polar surface area (TPSA) is 43.6 Å². The van der Waals surface area contributed by atoms with E-state index in [0.717, 1.165) is 12.8 Å². The molecule has 1 aliphatic rings. The number of ether oxygens (including phenoxy) is 1. The molecule has 1 fully saturated rings. The predicted molar refractivity (Wildman–Crippen MR) is 89.4 cm³/mol. The van der Waals surface area contributed by atoms with Gasteiger partial charge in [0.15, 0.2) is 18.2 Å². The van der Waals surface area contributed by atoms with Gasteiger partial charge in [0.2, 0.25) is 0 Å². The second kappa shape index (κ2) is 7.90. The molecule has 1 aromatic heterocycles. The standard InChI is InChI=1S/C19H21FN2O2/c20-16-10-4-5-11-17(16)24-14-19(23)22-13-7-6-12-18(22)21-15-8-2-1-3-9-15/h4-7,10-13,15H,1-3,8-9,14H2. The average Bonchev–Trinajstić information content (AvgIpc) is 2.62. The van der Waals surface area contributed by atoms with Crippen LogP contribution in [0.3, 0.4) is 0 Å². The zero-order valence-corrected chi connectivity index (χ0v) is 13.5. The molecule has 4 nitrogen and oxygen atoms in total. The fraction of sp³-hybridized carbons (Fsp3) is 0.368. The van der Waals surface area contributed by atoms with Crippen LogP contribution in [0.4, 0.5) is 4.39 Å². The monoisotopic (exact) mass is 328 g/mol. The van der Waals surface area contributed by atoms with E-state index in [1.54, 1.807) is 24.4 Å². The van der Waals surface area contributed by atoms with Gasteiger partial charge in [0.05, 0.1) is 6.04 Å². The van der Waals surface area contributed by atoms with Crippen LogP contribution in [0.15, 0.2) is 53.7 Å². The van der Waals surface area contributed by atoms with Crippen molar-refractivity contribution in [3.63, 3.8) is 0 Å². The zero-order chi connectivity index (χ0) is 16.8. The summed E-state index contributed by atoms with van der Waals surface area (Å²) in [5.41, 5.74) is 0.631. The molecule has 0 radical (unpaired) electrons. The lowest BCUT2D eigenvalue weighted by molar-refractivity contribution is 0.0828. The number of para-hydroxylation sites is 1. The Morgan fingerprint density at radius 1 is 1.12 bits per heavy atom. The highest BCUT2D eigenvalue weighted by molar-refractivity contribution is 5.80. The zero-order valence-electron chi connectivity index (χ0n) is 13.5. The van der Waals surface area contributed by atoms with E-state index in [-0.39, 0.29) is 24.3 Å². The molecule has 1 aliphatic carbocycles. The van der Waals surface area contributed by atoms with Crippen LogP contribution in [0.2, 0.25) is 0 Å². The molecular formula is C19H21FN2O2. The number of nitrogens with zero attached hydrogens (tertiary/aromatic N) is 2. The van der Waals surface area contributed by atoms with Crippen LogP contribution in [-0.4, -0.2) is 23.1 Å². The summed E-state index contributed by atoms with van der Waals surface area (Å²) < 4.78 is 20.4. The molecule has 0 atom stereocenters. The molecule has 5 heteroatoms. The van der Waals surface area contributed by atoms with Crippen LogP contribution in [-0.2, 0) is 0 Å². The van der Waals surface area contributed by atoms with Crippen molar-refractivity contribution in [3.8, 4) is 5.75 Å². The Labute approximate surface area is 140 Å². The van der Waals surface area contributed by atoms with E-state index in [4.69, 9.17) is 9.73 Å². The predicted octanol–water partition coefficient (Wildman–Crippen LogP) is 3.58. The third-order valence-electron chi connectivity index (χ3n) is 4.18. The molecule has 3 rings (SSSR count). The van der Waals surface area contributed by atoms with Crippen LogP contribution in [0.5, 0.6) is 5.75 Å². The summed E-state index contributed by atoms with van der Waals surface area (Å²) in [5.74, 6) is -0.669. The molecule has 1 saturated carbocycles. The van der Waals surface area contributed by atoms with Gasteiger partial charge in [-0.25, -0.2) is 4.39 Å². The first kappa shape index (κ1) is 16.4. The Morgan fingerprint density at radius 3 is 2.67 bits per heavy atom. The maximum absolute atomic E-state index is 13.6. The first-order valence-corrected chi connectivity index (χ1v) is 8.36. The average molecular weight is 328 g/mol. The molecular weight excluding hydrogens is 307 g/mol. The third-order valence-corrected chi connectivity index (χ3v) is 4.18. The van der Waals surface area contributed by atoms with E-state index >= 15 is 0 Å². The number of halogens is 1. The number of carbonyl (C=O) groups excluding carboxylic acids is 1. The van der Waals surface area contributed by atoms with Gasteiger partial charge in [0.1, 0.15) is 5.49 Å².